The minimum absolute atomic E-state index is 0.941. The van der Waals surface area contributed by atoms with E-state index in [0.717, 1.165) is 13.1 Å². The highest BCUT2D eigenvalue weighted by Gasteiger charge is 2.13. The molecular formula is C72H104N4. The van der Waals surface area contributed by atoms with E-state index in [1.807, 2.05) is 152 Å². The van der Waals surface area contributed by atoms with Gasteiger partial charge in [0.1, 0.15) is 0 Å². The van der Waals surface area contributed by atoms with Gasteiger partial charge in [0.15, 0.2) is 0 Å². The zero-order valence-corrected chi connectivity index (χ0v) is 51.8. The first-order chi connectivity index (χ1) is 37.8. The summed E-state index contributed by atoms with van der Waals surface area (Å²) in [5.41, 5.74) is 10.1. The summed E-state index contributed by atoms with van der Waals surface area (Å²) in [5, 5.41) is 10.5. The molecule has 0 unspecified atom stereocenters. The topological polar surface area (TPSA) is 41.4 Å². The zero-order chi connectivity index (χ0) is 57.8. The molecule has 0 atom stereocenters. The highest BCUT2D eigenvalue weighted by molar-refractivity contribution is 6.10. The molecule has 4 nitrogen and oxygen atoms in total. The van der Waals surface area contributed by atoms with Crippen LogP contribution in [0.25, 0.3) is 87.2 Å². The van der Waals surface area contributed by atoms with E-state index in [0.29, 0.717) is 0 Å². The molecule has 0 aliphatic heterocycles. The number of aromatic nitrogens is 4. The minimum atomic E-state index is 0.941. The van der Waals surface area contributed by atoms with Crippen molar-refractivity contribution in [1.29, 1.82) is 0 Å². The lowest BCUT2D eigenvalue weighted by atomic mass is 10.2. The Morgan fingerprint density at radius 3 is 0.526 bits per heavy atom. The van der Waals surface area contributed by atoms with Crippen molar-refractivity contribution in [3.8, 4) is 0 Å². The Kier molecular flexibility index (Phi) is 41.4. The molecule has 76 heavy (non-hydrogen) atoms. The number of aromatic amines is 2. The third kappa shape index (κ3) is 18.4. The van der Waals surface area contributed by atoms with Crippen LogP contribution in [-0.4, -0.2) is 19.1 Å². The number of rotatable bonds is 3. The molecule has 412 valence electrons. The SMILES string of the molecule is CC.CC.CC.CC.CC.CC.CC.CC.CC.CC.CC.c1ccc2c(c1)[nH]c1ccccc12.c1ccc2c(c1)[nH]c1ccccc12.c1ccc2c(c1)c1ccccc1n2CCn1c2ccccc2c2ccccc21. The van der Waals surface area contributed by atoms with E-state index >= 15 is 0 Å². The van der Waals surface area contributed by atoms with Crippen LogP contribution >= 0.6 is 0 Å². The van der Waals surface area contributed by atoms with Gasteiger partial charge >= 0.3 is 0 Å². The van der Waals surface area contributed by atoms with Crippen LogP contribution < -0.4 is 0 Å². The van der Waals surface area contributed by atoms with Gasteiger partial charge in [0.25, 0.3) is 0 Å². The third-order valence-corrected chi connectivity index (χ3v) is 10.7. The van der Waals surface area contributed by atoms with Crippen molar-refractivity contribution in [2.45, 2.75) is 165 Å². The largest absolute Gasteiger partial charge is 0.355 e. The van der Waals surface area contributed by atoms with Gasteiger partial charge in [-0.15, -0.1) is 0 Å². The second kappa shape index (κ2) is 44.3. The van der Waals surface area contributed by atoms with Gasteiger partial charge < -0.3 is 19.1 Å². The lowest BCUT2D eigenvalue weighted by Gasteiger charge is -2.11. The van der Waals surface area contributed by atoms with Gasteiger partial charge in [-0.1, -0.05) is 298 Å². The van der Waals surface area contributed by atoms with Crippen molar-refractivity contribution < 1.29 is 0 Å². The van der Waals surface area contributed by atoms with Gasteiger partial charge in [0.05, 0.1) is 0 Å². The number of hydrogen-bond acceptors (Lipinski definition) is 0. The first kappa shape index (κ1) is 71.0. The van der Waals surface area contributed by atoms with Crippen LogP contribution in [-0.2, 0) is 13.1 Å². The number of fused-ring (bicyclic) bond motifs is 12. The normalized spacial score (nSPS) is 9.03. The van der Waals surface area contributed by atoms with E-state index in [-0.39, 0.29) is 0 Å². The maximum absolute atomic E-state index is 3.38. The Bertz CT molecular complexity index is 2820. The van der Waals surface area contributed by atoms with Gasteiger partial charge in [0, 0.05) is 100 Å². The molecule has 4 heteroatoms. The van der Waals surface area contributed by atoms with Crippen molar-refractivity contribution in [2.75, 3.05) is 0 Å². The van der Waals surface area contributed by atoms with E-state index in [1.54, 1.807) is 0 Å². The fourth-order valence-electron chi connectivity index (χ4n) is 8.29. The average molecular weight is 1030 g/mol. The van der Waals surface area contributed by atoms with Crippen molar-refractivity contribution in [3.05, 3.63) is 194 Å². The number of aryl methyl sites for hydroxylation is 2. The van der Waals surface area contributed by atoms with Crippen molar-refractivity contribution in [1.82, 2.24) is 19.1 Å². The Hall–Kier alpha value is -7.04. The molecule has 2 N–H and O–H groups in total. The smallest absolute Gasteiger partial charge is 0.0491 e. The second-order valence-corrected chi connectivity index (χ2v) is 13.8. The number of nitrogens with one attached hydrogen (secondary N) is 2. The molecule has 0 spiro atoms. The molecule has 0 saturated carbocycles. The summed E-state index contributed by atoms with van der Waals surface area (Å²) in [6.07, 6.45) is 0. The predicted molar refractivity (Wildman–Crippen MR) is 355 cm³/mol. The van der Waals surface area contributed by atoms with E-state index in [9.17, 15) is 0 Å². The molecule has 12 aromatic rings. The summed E-state index contributed by atoms with van der Waals surface area (Å²) < 4.78 is 4.93. The Morgan fingerprint density at radius 2 is 0.342 bits per heavy atom. The van der Waals surface area contributed by atoms with Gasteiger partial charge in [-0.25, -0.2) is 0 Å². The molecule has 12 rings (SSSR count). The fourth-order valence-corrected chi connectivity index (χ4v) is 8.29. The van der Waals surface area contributed by atoms with Gasteiger partial charge in [-0.2, -0.15) is 0 Å². The summed E-state index contributed by atoms with van der Waals surface area (Å²) in [7, 11) is 0. The average Bonchev–Trinajstić information content (AvgIpc) is 4.30. The van der Waals surface area contributed by atoms with E-state index < -0.39 is 0 Å². The van der Waals surface area contributed by atoms with Gasteiger partial charge in [-0.05, 0) is 48.5 Å². The first-order valence-corrected chi connectivity index (χ1v) is 29.6. The molecule has 0 aliphatic rings. The van der Waals surface area contributed by atoms with E-state index in [4.69, 9.17) is 0 Å². The van der Waals surface area contributed by atoms with Gasteiger partial charge in [0.2, 0.25) is 0 Å². The quantitative estimate of drug-likeness (QED) is 0.177. The summed E-state index contributed by atoms with van der Waals surface area (Å²) in [5.74, 6) is 0. The summed E-state index contributed by atoms with van der Waals surface area (Å²) in [4.78, 5) is 6.76. The van der Waals surface area contributed by atoms with Crippen LogP contribution in [0, 0.1) is 0 Å². The maximum atomic E-state index is 3.38. The Labute approximate surface area is 463 Å². The number of para-hydroxylation sites is 8. The van der Waals surface area contributed by atoms with Crippen molar-refractivity contribution in [3.63, 3.8) is 0 Å². The molecule has 4 heterocycles. The molecule has 8 aromatic carbocycles. The van der Waals surface area contributed by atoms with Gasteiger partial charge in [-0.3, -0.25) is 0 Å². The minimum Gasteiger partial charge on any atom is -0.355 e. The molecule has 4 aromatic heterocycles. The second-order valence-electron chi connectivity index (χ2n) is 13.8. The van der Waals surface area contributed by atoms with Crippen LogP contribution in [0.1, 0.15) is 152 Å². The Balaban J connectivity index is 0. The molecule has 0 fully saturated rings. The lowest BCUT2D eigenvalue weighted by molar-refractivity contribution is 0.631. The highest BCUT2D eigenvalue weighted by atomic mass is 15.1. The zero-order valence-electron chi connectivity index (χ0n) is 51.8. The van der Waals surface area contributed by atoms with Crippen LogP contribution in [0.2, 0.25) is 0 Å². The number of H-pyrrole nitrogens is 2. The van der Waals surface area contributed by atoms with Crippen molar-refractivity contribution in [2.24, 2.45) is 0 Å². The lowest BCUT2D eigenvalue weighted by Crippen LogP contribution is -2.07. The molecule has 0 aliphatic carbocycles. The van der Waals surface area contributed by atoms with Crippen molar-refractivity contribution >= 4 is 87.2 Å². The van der Waals surface area contributed by atoms with Crippen LogP contribution in [0.15, 0.2) is 194 Å². The maximum Gasteiger partial charge on any atom is 0.0491 e. The van der Waals surface area contributed by atoms with Crippen LogP contribution in [0.3, 0.4) is 0 Å². The first-order valence-electron chi connectivity index (χ1n) is 29.6. The summed E-state index contributed by atoms with van der Waals surface area (Å²) in [6.45, 7) is 45.9. The monoisotopic (exact) mass is 1020 g/mol. The van der Waals surface area contributed by atoms with Crippen LogP contribution in [0.4, 0.5) is 0 Å². The summed E-state index contributed by atoms with van der Waals surface area (Å²) >= 11 is 0. The number of benzene rings is 8. The highest BCUT2D eigenvalue weighted by Crippen LogP contribution is 2.32. The molecular weight excluding hydrogens is 921 g/mol. The number of nitrogens with zero attached hydrogens (tertiary/aromatic N) is 2. The fraction of sp³-hybridized carbons (Fsp3) is 0.333. The Morgan fingerprint density at radius 1 is 0.197 bits per heavy atom. The molecule has 0 radical (unpaired) electrons. The van der Waals surface area contributed by atoms with E-state index in [1.165, 1.54) is 87.2 Å². The van der Waals surface area contributed by atoms with Crippen LogP contribution in [0.5, 0.6) is 0 Å². The third-order valence-electron chi connectivity index (χ3n) is 10.7. The standard InChI is InChI=1S/C26H20N2.2C12H9N.11C2H6/c1-5-13-23-19(9-1)20-10-2-6-14-24(20)27(23)17-18-28-25-15-7-3-11-21(25)22-12-4-8-16-26(22)28;2*1-3-7-11-9(5-1)10-6-2-4-8-12(10)13-11;11*1-2/h1-16H,17-18H2;2*1-8,13H;11*1-2H3. The molecule has 0 saturated heterocycles. The van der Waals surface area contributed by atoms with E-state index in [2.05, 4.69) is 213 Å². The number of hydrogen-bond donors (Lipinski definition) is 2. The predicted octanol–water partition coefficient (Wildman–Crippen LogP) is 24.5. The summed E-state index contributed by atoms with van der Waals surface area (Å²) in [6, 6.07) is 68.5. The molecule has 0 bridgehead atoms. The molecule has 0 amide bonds.